The first kappa shape index (κ1) is 16.2. The van der Waals surface area contributed by atoms with Crippen molar-refractivity contribution in [1.29, 1.82) is 5.41 Å². The molecule has 116 valence electrons. The number of aliphatic imine (C=N–C) groups is 1. The van der Waals surface area contributed by atoms with Crippen LogP contribution in [0.3, 0.4) is 0 Å². The van der Waals surface area contributed by atoms with Crippen LogP contribution in [0.1, 0.15) is 26.7 Å². The Balaban J connectivity index is 1.87. The number of carbonyl (C=O) groups excluding carboxylic acids is 1. The molecule has 1 spiro atoms. The van der Waals surface area contributed by atoms with Crippen LogP contribution in [0.25, 0.3) is 0 Å². The Hall–Kier alpha value is -1.14. The zero-order valence-electron chi connectivity index (χ0n) is 12.8. The Morgan fingerprint density at radius 2 is 2.19 bits per heavy atom. The van der Waals surface area contributed by atoms with E-state index in [1.54, 1.807) is 7.05 Å². The molecular formula is C15H23N3O2S. The van der Waals surface area contributed by atoms with E-state index in [1.807, 2.05) is 19.9 Å². The molecular weight excluding hydrogens is 286 g/mol. The molecule has 0 bridgehead atoms. The van der Waals surface area contributed by atoms with E-state index < -0.39 is 0 Å². The van der Waals surface area contributed by atoms with E-state index in [0.717, 1.165) is 31.6 Å². The molecule has 2 rings (SSSR count). The first-order valence-corrected chi connectivity index (χ1v) is 8.12. The van der Waals surface area contributed by atoms with Crippen molar-refractivity contribution in [3.8, 4) is 0 Å². The monoisotopic (exact) mass is 309 g/mol. The quantitative estimate of drug-likeness (QED) is 0.582. The molecule has 0 aromatic carbocycles. The molecule has 5 nitrogen and oxygen atoms in total. The summed E-state index contributed by atoms with van der Waals surface area (Å²) >= 11 is 1.42. The number of rotatable bonds is 6. The number of carbonyl (C=O) groups is 1. The van der Waals surface area contributed by atoms with E-state index in [0.29, 0.717) is 11.1 Å². The van der Waals surface area contributed by atoms with Gasteiger partial charge in [-0.2, -0.15) is 0 Å². The van der Waals surface area contributed by atoms with Gasteiger partial charge in [-0.1, -0.05) is 5.57 Å². The number of nitrogens with zero attached hydrogens (tertiary/aromatic N) is 1. The summed E-state index contributed by atoms with van der Waals surface area (Å²) in [6.07, 6.45) is 3.84. The summed E-state index contributed by atoms with van der Waals surface area (Å²) in [5.41, 5.74) is 3.16. The van der Waals surface area contributed by atoms with Gasteiger partial charge in [0.25, 0.3) is 5.91 Å². The van der Waals surface area contributed by atoms with Crippen molar-refractivity contribution >= 4 is 28.9 Å². The minimum Gasteiger partial charge on any atom is -0.380 e. The predicted molar refractivity (Wildman–Crippen MR) is 87.4 cm³/mol. The Kier molecular flexibility index (Phi) is 5.22. The van der Waals surface area contributed by atoms with Crippen LogP contribution >= 0.6 is 11.8 Å². The number of ether oxygens (including phenoxy) is 1. The SMILES string of the molecule is C/N=C(\C=C(/C)C(C)SC=N)C(=O)NC1CC2(COC2)C1. The third-order valence-corrected chi connectivity index (χ3v) is 5.18. The highest BCUT2D eigenvalue weighted by atomic mass is 32.2. The standard InChI is InChI=1S/C15H23N3O2S/c1-10(11(2)21-9-16)4-13(17-3)14(19)18-12-5-15(6-12)7-20-8-15/h4,9,11-12,16H,5-8H2,1-3H3,(H,18,19)/b10-4+,16-9?,17-13+. The van der Waals surface area contributed by atoms with E-state index >= 15 is 0 Å². The van der Waals surface area contributed by atoms with Gasteiger partial charge in [0.05, 0.1) is 18.8 Å². The molecule has 2 aliphatic rings. The van der Waals surface area contributed by atoms with Crippen LogP contribution in [0.5, 0.6) is 0 Å². The van der Waals surface area contributed by atoms with Gasteiger partial charge in [0, 0.05) is 23.8 Å². The second-order valence-corrected chi connectivity index (χ2v) is 7.18. The molecule has 1 aliphatic carbocycles. The summed E-state index contributed by atoms with van der Waals surface area (Å²) in [5, 5.41) is 10.3. The molecule has 1 unspecified atom stereocenters. The molecule has 1 amide bonds. The minimum absolute atomic E-state index is 0.107. The maximum absolute atomic E-state index is 12.2. The van der Waals surface area contributed by atoms with Crippen molar-refractivity contribution in [3.63, 3.8) is 0 Å². The van der Waals surface area contributed by atoms with Crippen molar-refractivity contribution in [2.45, 2.75) is 38.0 Å². The lowest BCUT2D eigenvalue weighted by atomic mass is 9.64. The van der Waals surface area contributed by atoms with Gasteiger partial charge >= 0.3 is 0 Å². The van der Waals surface area contributed by atoms with E-state index in [-0.39, 0.29) is 17.2 Å². The maximum atomic E-state index is 12.2. The summed E-state index contributed by atoms with van der Waals surface area (Å²) in [4.78, 5) is 16.3. The maximum Gasteiger partial charge on any atom is 0.269 e. The zero-order valence-corrected chi connectivity index (χ0v) is 13.6. The Morgan fingerprint density at radius 3 is 2.67 bits per heavy atom. The van der Waals surface area contributed by atoms with Crippen LogP contribution < -0.4 is 5.32 Å². The predicted octanol–water partition coefficient (Wildman–Crippen LogP) is 2.03. The fourth-order valence-electron chi connectivity index (χ4n) is 2.75. The highest BCUT2D eigenvalue weighted by Crippen LogP contribution is 2.46. The van der Waals surface area contributed by atoms with Gasteiger partial charge in [-0.3, -0.25) is 9.79 Å². The lowest BCUT2D eigenvalue weighted by Gasteiger charge is -2.53. The van der Waals surface area contributed by atoms with Crippen molar-refractivity contribution in [3.05, 3.63) is 11.6 Å². The molecule has 21 heavy (non-hydrogen) atoms. The van der Waals surface area contributed by atoms with Gasteiger partial charge in [-0.15, -0.1) is 11.8 Å². The van der Waals surface area contributed by atoms with E-state index in [4.69, 9.17) is 10.1 Å². The largest absolute Gasteiger partial charge is 0.380 e. The smallest absolute Gasteiger partial charge is 0.269 e. The fourth-order valence-corrected chi connectivity index (χ4v) is 3.23. The topological polar surface area (TPSA) is 74.5 Å². The van der Waals surface area contributed by atoms with Crippen LogP contribution in [0.4, 0.5) is 0 Å². The zero-order chi connectivity index (χ0) is 15.5. The third kappa shape index (κ3) is 3.74. The van der Waals surface area contributed by atoms with Gasteiger partial charge in [0.15, 0.2) is 0 Å². The number of hydrogen-bond donors (Lipinski definition) is 2. The van der Waals surface area contributed by atoms with E-state index in [1.165, 1.54) is 17.3 Å². The highest BCUT2D eigenvalue weighted by molar-refractivity contribution is 8.12. The van der Waals surface area contributed by atoms with Crippen LogP contribution in [0.15, 0.2) is 16.6 Å². The second-order valence-electron chi connectivity index (χ2n) is 5.96. The number of nitrogens with one attached hydrogen (secondary N) is 2. The van der Waals surface area contributed by atoms with Crippen LogP contribution in [0.2, 0.25) is 0 Å². The lowest BCUT2D eigenvalue weighted by molar-refractivity contribution is -0.168. The van der Waals surface area contributed by atoms with Gasteiger partial charge in [0.2, 0.25) is 0 Å². The van der Waals surface area contributed by atoms with Crippen molar-refractivity contribution in [2.24, 2.45) is 10.4 Å². The average molecular weight is 309 g/mol. The molecule has 2 fully saturated rings. The Bertz CT molecular complexity index is 475. The first-order chi connectivity index (χ1) is 9.99. The average Bonchev–Trinajstić information content (AvgIpc) is 2.37. The Morgan fingerprint density at radius 1 is 1.52 bits per heavy atom. The molecule has 1 saturated heterocycles. The molecule has 6 heteroatoms. The summed E-state index contributed by atoms with van der Waals surface area (Å²) in [7, 11) is 1.63. The molecule has 2 N–H and O–H groups in total. The summed E-state index contributed by atoms with van der Waals surface area (Å²) in [5.74, 6) is -0.107. The molecule has 0 aromatic heterocycles. The molecule has 0 aromatic rings. The highest BCUT2D eigenvalue weighted by Gasteiger charge is 2.50. The lowest BCUT2D eigenvalue weighted by Crippen LogP contribution is -2.60. The minimum atomic E-state index is -0.107. The van der Waals surface area contributed by atoms with Crippen LogP contribution in [0, 0.1) is 10.8 Å². The third-order valence-electron chi connectivity index (χ3n) is 4.26. The van der Waals surface area contributed by atoms with Crippen molar-refractivity contribution in [2.75, 3.05) is 20.3 Å². The molecule has 1 aliphatic heterocycles. The van der Waals surface area contributed by atoms with Gasteiger partial charge < -0.3 is 15.5 Å². The molecule has 1 saturated carbocycles. The fraction of sp³-hybridized carbons (Fsp3) is 0.667. The molecule has 1 atom stereocenters. The number of amides is 1. The molecule has 0 radical (unpaired) electrons. The van der Waals surface area contributed by atoms with Crippen molar-refractivity contribution < 1.29 is 9.53 Å². The van der Waals surface area contributed by atoms with Gasteiger partial charge in [0.1, 0.15) is 5.71 Å². The number of hydrogen-bond acceptors (Lipinski definition) is 5. The number of thioether (sulfide) groups is 1. The first-order valence-electron chi connectivity index (χ1n) is 7.18. The summed E-state index contributed by atoms with van der Waals surface area (Å²) < 4.78 is 5.24. The normalized spacial score (nSPS) is 23.2. The molecule has 1 heterocycles. The van der Waals surface area contributed by atoms with E-state index in [2.05, 4.69) is 10.3 Å². The van der Waals surface area contributed by atoms with Crippen LogP contribution in [-0.4, -0.2) is 48.7 Å². The second kappa shape index (κ2) is 6.75. The van der Waals surface area contributed by atoms with Crippen molar-refractivity contribution in [1.82, 2.24) is 5.32 Å². The van der Waals surface area contributed by atoms with E-state index in [9.17, 15) is 4.79 Å². The Labute approximate surface area is 130 Å². The summed E-state index contributed by atoms with van der Waals surface area (Å²) in [6, 6.07) is 0.250. The van der Waals surface area contributed by atoms with Crippen LogP contribution in [-0.2, 0) is 9.53 Å². The van der Waals surface area contributed by atoms with Gasteiger partial charge in [-0.25, -0.2) is 0 Å². The van der Waals surface area contributed by atoms with Gasteiger partial charge in [-0.05, 0) is 32.8 Å². The summed E-state index contributed by atoms with van der Waals surface area (Å²) in [6.45, 7) is 5.65.